The summed E-state index contributed by atoms with van der Waals surface area (Å²) in [5.74, 6) is 0. The average molecular weight is 297 g/mol. The minimum absolute atomic E-state index is 0.342. The predicted octanol–water partition coefficient (Wildman–Crippen LogP) is 1.85. The fourth-order valence-corrected chi connectivity index (χ4v) is 3.09. The zero-order chi connectivity index (χ0) is 14.9. The molecular formula is C16H19N5O. The summed E-state index contributed by atoms with van der Waals surface area (Å²) >= 11 is 0. The van der Waals surface area contributed by atoms with Crippen LogP contribution in [0.25, 0.3) is 16.6 Å². The Hall–Kier alpha value is -2.05. The number of hydrogen-bond acceptors (Lipinski definition) is 5. The second-order valence-electron chi connectivity index (χ2n) is 5.91. The molecule has 1 aliphatic rings. The van der Waals surface area contributed by atoms with Gasteiger partial charge in [-0.2, -0.15) is 4.52 Å². The molecule has 1 N–H and O–H groups in total. The third-order valence-electron chi connectivity index (χ3n) is 4.21. The second kappa shape index (κ2) is 5.62. The maximum Gasteiger partial charge on any atom is 0.184 e. The number of nitrogens with one attached hydrogen (secondary N) is 1. The van der Waals surface area contributed by atoms with Crippen molar-refractivity contribution in [2.24, 2.45) is 0 Å². The minimum atomic E-state index is 0.342. The van der Waals surface area contributed by atoms with Gasteiger partial charge in [-0.3, -0.25) is 0 Å². The molecule has 0 bridgehead atoms. The van der Waals surface area contributed by atoms with Crippen LogP contribution in [-0.2, 0) is 11.3 Å². The lowest BCUT2D eigenvalue weighted by atomic mass is 10.1. The molecule has 1 aliphatic heterocycles. The zero-order valence-electron chi connectivity index (χ0n) is 12.6. The van der Waals surface area contributed by atoms with E-state index < -0.39 is 0 Å². The molecule has 0 radical (unpaired) electrons. The number of pyridine rings is 1. The smallest absolute Gasteiger partial charge is 0.184 e. The molecule has 4 rings (SSSR count). The highest BCUT2D eigenvalue weighted by Crippen LogP contribution is 2.20. The van der Waals surface area contributed by atoms with E-state index in [0.29, 0.717) is 6.10 Å². The molecule has 6 heteroatoms. The topological polar surface area (TPSA) is 64.3 Å². The van der Waals surface area contributed by atoms with E-state index in [1.165, 1.54) is 12.0 Å². The van der Waals surface area contributed by atoms with E-state index in [2.05, 4.69) is 52.0 Å². The summed E-state index contributed by atoms with van der Waals surface area (Å²) < 4.78 is 7.46. The van der Waals surface area contributed by atoms with Gasteiger partial charge in [-0.05, 0) is 48.4 Å². The van der Waals surface area contributed by atoms with E-state index in [4.69, 9.17) is 4.74 Å². The summed E-state index contributed by atoms with van der Waals surface area (Å²) in [7, 11) is 0. The van der Waals surface area contributed by atoms with Gasteiger partial charge in [0.15, 0.2) is 5.65 Å². The van der Waals surface area contributed by atoms with E-state index in [1.807, 2.05) is 4.52 Å². The van der Waals surface area contributed by atoms with Crippen molar-refractivity contribution in [1.29, 1.82) is 0 Å². The van der Waals surface area contributed by atoms with Crippen molar-refractivity contribution in [3.05, 3.63) is 35.4 Å². The van der Waals surface area contributed by atoms with Gasteiger partial charge in [0, 0.05) is 30.6 Å². The number of aryl methyl sites for hydroxylation is 1. The molecule has 3 heterocycles. The van der Waals surface area contributed by atoms with Gasteiger partial charge in [-0.15, -0.1) is 5.10 Å². The molecule has 1 unspecified atom stereocenters. The highest BCUT2D eigenvalue weighted by molar-refractivity contribution is 5.83. The molecule has 1 aromatic carbocycles. The number of tetrazole rings is 1. The molecule has 114 valence electrons. The van der Waals surface area contributed by atoms with E-state index in [9.17, 15) is 0 Å². The molecule has 6 nitrogen and oxygen atoms in total. The molecule has 0 amide bonds. The highest BCUT2D eigenvalue weighted by Gasteiger charge is 2.15. The molecule has 1 saturated heterocycles. The van der Waals surface area contributed by atoms with Gasteiger partial charge in [0.1, 0.15) is 0 Å². The van der Waals surface area contributed by atoms with Crippen molar-refractivity contribution in [3.8, 4) is 0 Å². The van der Waals surface area contributed by atoms with Gasteiger partial charge < -0.3 is 10.1 Å². The summed E-state index contributed by atoms with van der Waals surface area (Å²) in [6.45, 7) is 4.60. The number of fused-ring (bicyclic) bond motifs is 3. The number of rotatable bonds is 4. The van der Waals surface area contributed by atoms with Crippen molar-refractivity contribution < 1.29 is 4.74 Å². The highest BCUT2D eigenvalue weighted by atomic mass is 16.5. The summed E-state index contributed by atoms with van der Waals surface area (Å²) in [4.78, 5) is 0. The zero-order valence-corrected chi connectivity index (χ0v) is 12.6. The quantitative estimate of drug-likeness (QED) is 0.796. The van der Waals surface area contributed by atoms with Gasteiger partial charge in [0.25, 0.3) is 0 Å². The van der Waals surface area contributed by atoms with E-state index >= 15 is 0 Å². The first-order valence-corrected chi connectivity index (χ1v) is 7.74. The minimum Gasteiger partial charge on any atom is -0.377 e. The van der Waals surface area contributed by atoms with E-state index in [1.54, 1.807) is 0 Å². The largest absolute Gasteiger partial charge is 0.377 e. The first kappa shape index (κ1) is 13.6. The molecule has 0 saturated carbocycles. The van der Waals surface area contributed by atoms with Crippen LogP contribution in [0.5, 0.6) is 0 Å². The standard InChI is InChI=1S/C16H19N5O/c1-11-4-5-15-12(7-11)8-13(16-18-19-20-21(15)16)9-17-10-14-3-2-6-22-14/h4-5,7-8,14,17H,2-3,6,9-10H2,1H3. The van der Waals surface area contributed by atoms with Gasteiger partial charge in [-0.25, -0.2) is 0 Å². The monoisotopic (exact) mass is 297 g/mol. The number of hydrogen-bond donors (Lipinski definition) is 1. The molecule has 0 spiro atoms. The SMILES string of the molecule is Cc1ccc2c(c1)cc(CNCC1CCCO1)c1nnnn12. The molecule has 1 fully saturated rings. The Morgan fingerprint density at radius 2 is 2.32 bits per heavy atom. The average Bonchev–Trinajstić information content (AvgIpc) is 3.18. The summed E-state index contributed by atoms with van der Waals surface area (Å²) in [6.07, 6.45) is 2.65. The number of nitrogens with zero attached hydrogens (tertiary/aromatic N) is 4. The normalized spacial score (nSPS) is 18.5. The van der Waals surface area contributed by atoms with Crippen molar-refractivity contribution in [3.63, 3.8) is 0 Å². The summed E-state index contributed by atoms with van der Waals surface area (Å²) in [5.41, 5.74) is 4.20. The van der Waals surface area contributed by atoms with E-state index in [-0.39, 0.29) is 0 Å². The van der Waals surface area contributed by atoms with Crippen molar-refractivity contribution in [2.45, 2.75) is 32.4 Å². The Morgan fingerprint density at radius 3 is 3.18 bits per heavy atom. The van der Waals surface area contributed by atoms with E-state index in [0.717, 1.165) is 48.2 Å². The van der Waals surface area contributed by atoms with Crippen LogP contribution in [0.3, 0.4) is 0 Å². The van der Waals surface area contributed by atoms with Gasteiger partial charge in [0.05, 0.1) is 11.6 Å². The van der Waals surface area contributed by atoms with Crippen LogP contribution >= 0.6 is 0 Å². The van der Waals surface area contributed by atoms with Gasteiger partial charge in [0.2, 0.25) is 0 Å². The van der Waals surface area contributed by atoms with Gasteiger partial charge in [-0.1, -0.05) is 11.6 Å². The van der Waals surface area contributed by atoms with Crippen molar-refractivity contribution in [2.75, 3.05) is 13.2 Å². The predicted molar refractivity (Wildman–Crippen MR) is 83.7 cm³/mol. The molecular weight excluding hydrogens is 278 g/mol. The fraction of sp³-hybridized carbons (Fsp3) is 0.438. The second-order valence-corrected chi connectivity index (χ2v) is 5.91. The van der Waals surface area contributed by atoms with Crippen LogP contribution in [0, 0.1) is 6.92 Å². The molecule has 1 atom stereocenters. The Kier molecular flexibility index (Phi) is 3.48. The van der Waals surface area contributed by atoms with Crippen LogP contribution in [0.4, 0.5) is 0 Å². The van der Waals surface area contributed by atoms with Crippen LogP contribution in [0.1, 0.15) is 24.0 Å². The lowest BCUT2D eigenvalue weighted by Crippen LogP contribution is -2.26. The van der Waals surface area contributed by atoms with Crippen molar-refractivity contribution in [1.82, 2.24) is 25.4 Å². The summed E-state index contributed by atoms with van der Waals surface area (Å²) in [6, 6.07) is 8.49. The summed E-state index contributed by atoms with van der Waals surface area (Å²) in [5, 5.41) is 16.8. The number of aromatic nitrogens is 4. The number of benzene rings is 1. The van der Waals surface area contributed by atoms with Crippen LogP contribution in [0.15, 0.2) is 24.3 Å². The Bertz CT molecular complexity index is 807. The lowest BCUT2D eigenvalue weighted by molar-refractivity contribution is 0.110. The molecule has 0 aliphatic carbocycles. The lowest BCUT2D eigenvalue weighted by Gasteiger charge is -2.12. The van der Waals surface area contributed by atoms with Crippen molar-refractivity contribution >= 4 is 16.6 Å². The Morgan fingerprint density at radius 1 is 1.36 bits per heavy atom. The van der Waals surface area contributed by atoms with Gasteiger partial charge >= 0.3 is 0 Å². The van der Waals surface area contributed by atoms with Crippen LogP contribution in [-0.4, -0.2) is 39.3 Å². The Balaban J connectivity index is 1.64. The maximum absolute atomic E-state index is 5.64. The molecule has 22 heavy (non-hydrogen) atoms. The third-order valence-corrected chi connectivity index (χ3v) is 4.21. The fourth-order valence-electron chi connectivity index (χ4n) is 3.09. The van der Waals surface area contributed by atoms with Crippen LogP contribution in [0.2, 0.25) is 0 Å². The Labute approximate surface area is 128 Å². The number of ether oxygens (including phenoxy) is 1. The molecule has 2 aromatic heterocycles. The first-order valence-electron chi connectivity index (χ1n) is 7.74. The van der Waals surface area contributed by atoms with Crippen LogP contribution < -0.4 is 5.32 Å². The molecule has 3 aromatic rings. The first-order chi connectivity index (χ1) is 10.8. The third kappa shape index (κ3) is 2.44. The maximum atomic E-state index is 5.64.